The largest absolute Gasteiger partial charge is 0.390 e. The van der Waals surface area contributed by atoms with E-state index < -0.39 is 5.60 Å². The zero-order valence-corrected chi connectivity index (χ0v) is 13.1. The maximum atomic E-state index is 10.2. The zero-order valence-electron chi connectivity index (χ0n) is 13.1. The maximum absolute atomic E-state index is 10.2. The lowest BCUT2D eigenvalue weighted by Gasteiger charge is -2.21. The molecule has 1 N–H and O–H groups in total. The third-order valence-corrected chi connectivity index (χ3v) is 4.35. The second-order valence-corrected chi connectivity index (χ2v) is 6.57. The molecule has 1 atom stereocenters. The molecule has 21 heavy (non-hydrogen) atoms. The minimum Gasteiger partial charge on any atom is -0.390 e. The molecule has 0 saturated carbocycles. The highest BCUT2D eigenvalue weighted by Crippen LogP contribution is 2.22. The Morgan fingerprint density at radius 1 is 1.24 bits per heavy atom. The molecule has 1 saturated heterocycles. The Hall–Kier alpha value is -1.46. The van der Waals surface area contributed by atoms with Gasteiger partial charge in [-0.15, -0.1) is 0 Å². The normalized spacial score (nSPS) is 24.4. The van der Waals surface area contributed by atoms with E-state index in [4.69, 9.17) is 0 Å². The van der Waals surface area contributed by atoms with Gasteiger partial charge in [0.05, 0.1) is 11.3 Å². The van der Waals surface area contributed by atoms with E-state index in [1.165, 1.54) is 0 Å². The Morgan fingerprint density at radius 3 is 2.86 bits per heavy atom. The molecule has 0 bridgehead atoms. The molecule has 2 aromatic rings. The van der Waals surface area contributed by atoms with Crippen LogP contribution in [0.25, 0.3) is 5.78 Å². The van der Waals surface area contributed by atoms with E-state index >= 15 is 0 Å². The number of fused-ring (bicyclic) bond motifs is 1. The fourth-order valence-corrected chi connectivity index (χ4v) is 3.10. The summed E-state index contributed by atoms with van der Waals surface area (Å²) >= 11 is 0. The Balaban J connectivity index is 1.77. The Bertz CT molecular complexity index is 647. The molecule has 0 amide bonds. The molecule has 5 nitrogen and oxygen atoms in total. The highest BCUT2D eigenvalue weighted by molar-refractivity contribution is 5.34. The number of likely N-dealkylation sites (tertiary alicyclic amines) is 1. The van der Waals surface area contributed by atoms with E-state index in [9.17, 15) is 5.11 Å². The van der Waals surface area contributed by atoms with Crippen molar-refractivity contribution in [3.05, 3.63) is 29.3 Å². The molecule has 1 unspecified atom stereocenters. The van der Waals surface area contributed by atoms with Crippen LogP contribution in [0.15, 0.2) is 12.3 Å². The highest BCUT2D eigenvalue weighted by Gasteiger charge is 2.25. The number of rotatable bonds is 2. The summed E-state index contributed by atoms with van der Waals surface area (Å²) in [6.07, 6.45) is 4.84. The summed E-state index contributed by atoms with van der Waals surface area (Å²) in [6, 6.07) is 2.07. The Morgan fingerprint density at radius 2 is 2.05 bits per heavy atom. The Labute approximate surface area is 125 Å². The monoisotopic (exact) mass is 288 g/mol. The van der Waals surface area contributed by atoms with Crippen molar-refractivity contribution >= 4 is 5.78 Å². The van der Waals surface area contributed by atoms with Crippen molar-refractivity contribution in [3.8, 4) is 0 Å². The number of nitrogens with zero attached hydrogens (tertiary/aromatic N) is 4. The van der Waals surface area contributed by atoms with Crippen molar-refractivity contribution in [2.75, 3.05) is 13.1 Å². The van der Waals surface area contributed by atoms with Crippen LogP contribution in [0.1, 0.15) is 43.3 Å². The van der Waals surface area contributed by atoms with Crippen LogP contribution in [-0.2, 0) is 6.54 Å². The van der Waals surface area contributed by atoms with Crippen LogP contribution in [0.2, 0.25) is 0 Å². The summed E-state index contributed by atoms with van der Waals surface area (Å²) in [7, 11) is 0. The van der Waals surface area contributed by atoms with Crippen molar-refractivity contribution in [1.82, 2.24) is 19.3 Å². The first-order valence-electron chi connectivity index (χ1n) is 7.70. The summed E-state index contributed by atoms with van der Waals surface area (Å²) in [5.74, 6) is 0.782. The Kier molecular flexibility index (Phi) is 3.71. The topological polar surface area (TPSA) is 53.7 Å². The van der Waals surface area contributed by atoms with Gasteiger partial charge in [-0.3, -0.25) is 9.30 Å². The van der Waals surface area contributed by atoms with E-state index in [1.807, 2.05) is 13.8 Å². The molecular weight excluding hydrogens is 264 g/mol. The predicted molar refractivity (Wildman–Crippen MR) is 82.2 cm³/mol. The minimum atomic E-state index is -0.511. The van der Waals surface area contributed by atoms with Crippen LogP contribution in [0.4, 0.5) is 0 Å². The number of aromatic nitrogens is 3. The van der Waals surface area contributed by atoms with Gasteiger partial charge in [0.15, 0.2) is 0 Å². The molecule has 2 aromatic heterocycles. The van der Waals surface area contributed by atoms with Gasteiger partial charge in [-0.25, -0.2) is 9.97 Å². The average molecular weight is 288 g/mol. The molecule has 5 heteroatoms. The van der Waals surface area contributed by atoms with E-state index in [-0.39, 0.29) is 0 Å². The highest BCUT2D eigenvalue weighted by atomic mass is 16.3. The van der Waals surface area contributed by atoms with Gasteiger partial charge in [-0.05, 0) is 52.6 Å². The summed E-state index contributed by atoms with van der Waals surface area (Å²) in [5.41, 5.74) is 2.71. The molecule has 114 valence electrons. The molecule has 0 aromatic carbocycles. The maximum Gasteiger partial charge on any atom is 0.234 e. The smallest absolute Gasteiger partial charge is 0.234 e. The van der Waals surface area contributed by atoms with Crippen molar-refractivity contribution < 1.29 is 5.11 Å². The summed E-state index contributed by atoms with van der Waals surface area (Å²) in [6.45, 7) is 8.80. The van der Waals surface area contributed by atoms with E-state index in [0.717, 1.165) is 61.8 Å². The van der Waals surface area contributed by atoms with E-state index in [0.29, 0.717) is 0 Å². The zero-order chi connectivity index (χ0) is 15.0. The van der Waals surface area contributed by atoms with Crippen LogP contribution in [0, 0.1) is 13.8 Å². The summed E-state index contributed by atoms with van der Waals surface area (Å²) in [5, 5.41) is 10.2. The number of imidazole rings is 1. The number of aliphatic hydroxyl groups is 1. The lowest BCUT2D eigenvalue weighted by atomic mass is 9.98. The lowest BCUT2D eigenvalue weighted by molar-refractivity contribution is 0.0444. The molecule has 1 aliphatic heterocycles. The van der Waals surface area contributed by atoms with Gasteiger partial charge < -0.3 is 5.11 Å². The molecule has 0 spiro atoms. The van der Waals surface area contributed by atoms with Crippen LogP contribution in [0.5, 0.6) is 0 Å². The molecule has 0 radical (unpaired) electrons. The number of aryl methyl sites for hydroxylation is 2. The van der Waals surface area contributed by atoms with Gasteiger partial charge in [0, 0.05) is 30.7 Å². The predicted octanol–water partition coefficient (Wildman–Crippen LogP) is 2.08. The fraction of sp³-hybridized carbons (Fsp3) is 0.625. The van der Waals surface area contributed by atoms with Crippen molar-refractivity contribution in [3.63, 3.8) is 0 Å². The summed E-state index contributed by atoms with van der Waals surface area (Å²) in [4.78, 5) is 11.5. The van der Waals surface area contributed by atoms with Gasteiger partial charge in [0.25, 0.3) is 0 Å². The first-order valence-corrected chi connectivity index (χ1v) is 7.70. The van der Waals surface area contributed by atoms with E-state index in [1.54, 1.807) is 0 Å². The standard InChI is InChI=1S/C16H24N4O/c1-12-9-13(2)20-11-14(18-15(20)17-12)10-19-7-4-5-16(3,21)6-8-19/h9,11,21H,4-8,10H2,1-3H3. The van der Waals surface area contributed by atoms with Crippen molar-refractivity contribution in [2.45, 2.75) is 52.2 Å². The molecular formula is C16H24N4O. The first-order chi connectivity index (χ1) is 9.93. The van der Waals surface area contributed by atoms with Crippen LogP contribution in [0.3, 0.4) is 0 Å². The third kappa shape index (κ3) is 3.24. The van der Waals surface area contributed by atoms with Crippen LogP contribution < -0.4 is 0 Å². The third-order valence-electron chi connectivity index (χ3n) is 4.35. The van der Waals surface area contributed by atoms with Gasteiger partial charge in [0.2, 0.25) is 5.78 Å². The minimum absolute atomic E-state index is 0.511. The molecule has 3 heterocycles. The molecule has 0 aliphatic carbocycles. The van der Waals surface area contributed by atoms with Crippen molar-refractivity contribution in [1.29, 1.82) is 0 Å². The second kappa shape index (κ2) is 5.39. The first kappa shape index (κ1) is 14.5. The quantitative estimate of drug-likeness (QED) is 0.919. The number of hydrogen-bond acceptors (Lipinski definition) is 4. The number of hydrogen-bond donors (Lipinski definition) is 1. The molecule has 1 aliphatic rings. The summed E-state index contributed by atoms with van der Waals surface area (Å²) < 4.78 is 2.05. The lowest BCUT2D eigenvalue weighted by Crippen LogP contribution is -2.28. The van der Waals surface area contributed by atoms with Crippen LogP contribution in [-0.4, -0.2) is 43.1 Å². The van der Waals surface area contributed by atoms with Gasteiger partial charge in [-0.1, -0.05) is 0 Å². The van der Waals surface area contributed by atoms with Crippen molar-refractivity contribution in [2.24, 2.45) is 0 Å². The fourth-order valence-electron chi connectivity index (χ4n) is 3.10. The second-order valence-electron chi connectivity index (χ2n) is 6.57. The van der Waals surface area contributed by atoms with Gasteiger partial charge >= 0.3 is 0 Å². The van der Waals surface area contributed by atoms with Gasteiger partial charge in [-0.2, -0.15) is 0 Å². The molecule has 3 rings (SSSR count). The van der Waals surface area contributed by atoms with Gasteiger partial charge in [0.1, 0.15) is 0 Å². The average Bonchev–Trinajstić information content (AvgIpc) is 2.70. The SMILES string of the molecule is Cc1cc(C)n2cc(CN3CCCC(C)(O)CC3)nc2n1. The molecule has 1 fully saturated rings. The van der Waals surface area contributed by atoms with Crippen LogP contribution >= 0.6 is 0 Å². The van der Waals surface area contributed by atoms with E-state index in [2.05, 4.69) is 38.5 Å².